The van der Waals surface area contributed by atoms with Crippen molar-refractivity contribution in [3.63, 3.8) is 0 Å². The summed E-state index contributed by atoms with van der Waals surface area (Å²) in [7, 11) is 3.68. The van der Waals surface area contributed by atoms with Gasteiger partial charge in [0.1, 0.15) is 5.54 Å². The number of carbonyl (C=O) groups is 1. The first-order valence-electron chi connectivity index (χ1n) is 9.23. The molecule has 146 valence electrons. The number of tetrazole rings is 1. The average Bonchev–Trinajstić information content (AvgIpc) is 3.46. The van der Waals surface area contributed by atoms with Crippen LogP contribution in [0.15, 0.2) is 17.2 Å². The van der Waals surface area contributed by atoms with E-state index in [0.29, 0.717) is 6.54 Å². The van der Waals surface area contributed by atoms with Gasteiger partial charge in [-0.2, -0.15) is 4.80 Å². The quantitative estimate of drug-likeness (QED) is 0.620. The van der Waals surface area contributed by atoms with E-state index in [2.05, 4.69) is 35.2 Å². The van der Waals surface area contributed by atoms with Gasteiger partial charge in [-0.15, -0.1) is 21.5 Å². The Kier molecular flexibility index (Phi) is 4.02. The van der Waals surface area contributed by atoms with Crippen molar-refractivity contribution < 1.29 is 4.79 Å². The van der Waals surface area contributed by atoms with Crippen LogP contribution in [0.3, 0.4) is 0 Å². The fourth-order valence-electron chi connectivity index (χ4n) is 4.45. The molecular weight excluding hydrogens is 378 g/mol. The maximum absolute atomic E-state index is 13.3. The topological polar surface area (TPSA) is 97.9 Å². The summed E-state index contributed by atoms with van der Waals surface area (Å²) in [4.78, 5) is 28.0. The van der Waals surface area contributed by atoms with E-state index in [4.69, 9.17) is 4.98 Å². The third-order valence-corrected chi connectivity index (χ3v) is 6.36. The Morgan fingerprint density at radius 3 is 2.93 bits per heavy atom. The van der Waals surface area contributed by atoms with Gasteiger partial charge in [-0.25, -0.2) is 9.97 Å². The van der Waals surface area contributed by atoms with Crippen LogP contribution in [0.2, 0.25) is 0 Å². The van der Waals surface area contributed by atoms with Crippen LogP contribution in [-0.4, -0.2) is 70.1 Å². The van der Waals surface area contributed by atoms with Gasteiger partial charge < -0.3 is 9.47 Å². The van der Waals surface area contributed by atoms with Crippen LogP contribution < -0.4 is 0 Å². The van der Waals surface area contributed by atoms with Gasteiger partial charge >= 0.3 is 0 Å². The normalized spacial score (nSPS) is 22.1. The van der Waals surface area contributed by atoms with Crippen LogP contribution in [0.25, 0.3) is 0 Å². The molecule has 5 heterocycles. The van der Waals surface area contributed by atoms with E-state index < -0.39 is 5.54 Å². The summed E-state index contributed by atoms with van der Waals surface area (Å²) >= 11 is 1.60. The predicted octanol–water partition coefficient (Wildman–Crippen LogP) is 0.200. The van der Waals surface area contributed by atoms with Crippen LogP contribution in [-0.2, 0) is 32.6 Å². The van der Waals surface area contributed by atoms with Gasteiger partial charge in [0.2, 0.25) is 0 Å². The van der Waals surface area contributed by atoms with E-state index in [1.165, 1.54) is 10.5 Å². The molecule has 1 unspecified atom stereocenters. The van der Waals surface area contributed by atoms with E-state index in [9.17, 15) is 4.79 Å². The van der Waals surface area contributed by atoms with Gasteiger partial charge in [-0.1, -0.05) is 0 Å². The molecule has 0 bridgehead atoms. The molecule has 2 aliphatic rings. The third kappa shape index (κ3) is 2.65. The lowest BCUT2D eigenvalue weighted by atomic mass is 9.85. The van der Waals surface area contributed by atoms with Crippen LogP contribution in [0.1, 0.15) is 34.1 Å². The lowest BCUT2D eigenvalue weighted by Gasteiger charge is -2.43. The molecule has 11 heteroatoms. The Labute approximate surface area is 165 Å². The molecule has 1 fully saturated rings. The first-order chi connectivity index (χ1) is 13.6. The lowest BCUT2D eigenvalue weighted by Crippen LogP contribution is -2.55. The van der Waals surface area contributed by atoms with Crippen molar-refractivity contribution in [1.29, 1.82) is 0 Å². The minimum atomic E-state index is -0.471. The molecule has 0 saturated carbocycles. The van der Waals surface area contributed by atoms with Crippen LogP contribution in [0.5, 0.6) is 0 Å². The summed E-state index contributed by atoms with van der Waals surface area (Å²) in [5.74, 6) is -0.0425. The summed E-state index contributed by atoms with van der Waals surface area (Å²) < 4.78 is 2.07. The van der Waals surface area contributed by atoms with Gasteiger partial charge in [0.15, 0.2) is 0 Å². The molecule has 1 atom stereocenters. The zero-order chi connectivity index (χ0) is 19.3. The molecule has 1 saturated heterocycles. The summed E-state index contributed by atoms with van der Waals surface area (Å²) in [6.07, 6.45) is 3.45. The standard InChI is InChI=1S/C17H21N9OS/c1-23-10-18-14-13(23)3-5-26(16(27)15-20-22-24(2)21-15)17(14)4-6-25(9-17)7-12-8-28-11-19-12/h8,10-11H,3-7,9H2,1-2H3. The fraction of sp³-hybridized carbons (Fsp3) is 0.529. The predicted molar refractivity (Wildman–Crippen MR) is 100 cm³/mol. The van der Waals surface area contributed by atoms with Crippen molar-refractivity contribution in [2.45, 2.75) is 24.9 Å². The maximum Gasteiger partial charge on any atom is 0.296 e. The number of likely N-dealkylation sites (tertiary alicyclic amines) is 1. The summed E-state index contributed by atoms with van der Waals surface area (Å²) in [5.41, 5.74) is 4.65. The van der Waals surface area contributed by atoms with Crippen molar-refractivity contribution in [2.75, 3.05) is 19.6 Å². The van der Waals surface area contributed by atoms with Crippen LogP contribution >= 0.6 is 11.3 Å². The molecule has 1 amide bonds. The van der Waals surface area contributed by atoms with E-state index in [1.54, 1.807) is 18.4 Å². The Hall–Kier alpha value is -2.66. The van der Waals surface area contributed by atoms with E-state index in [0.717, 1.165) is 43.9 Å². The largest absolute Gasteiger partial charge is 0.337 e. The SMILES string of the molecule is Cn1nnc(C(=O)N2CCc3c(ncn3C)C23CCN(Cc2cscn2)C3)n1. The number of hydrogen-bond donors (Lipinski definition) is 0. The van der Waals surface area contributed by atoms with Crippen molar-refractivity contribution in [1.82, 2.24) is 44.5 Å². The molecule has 5 rings (SSSR count). The highest BCUT2D eigenvalue weighted by Gasteiger charge is 2.52. The van der Waals surface area contributed by atoms with Crippen LogP contribution in [0.4, 0.5) is 0 Å². The fourth-order valence-corrected chi connectivity index (χ4v) is 5.00. The molecule has 0 radical (unpaired) electrons. The highest BCUT2D eigenvalue weighted by molar-refractivity contribution is 7.07. The number of imidazole rings is 1. The molecule has 28 heavy (non-hydrogen) atoms. The molecule has 3 aromatic heterocycles. The number of nitrogens with zero attached hydrogens (tertiary/aromatic N) is 9. The van der Waals surface area contributed by atoms with Gasteiger partial charge in [0.05, 0.1) is 30.3 Å². The first-order valence-corrected chi connectivity index (χ1v) is 10.2. The molecular formula is C17H21N9OS. The zero-order valence-corrected chi connectivity index (χ0v) is 16.6. The van der Waals surface area contributed by atoms with Crippen molar-refractivity contribution in [3.05, 3.63) is 40.1 Å². The smallest absolute Gasteiger partial charge is 0.296 e. The highest BCUT2D eigenvalue weighted by atomic mass is 32.1. The van der Waals surface area contributed by atoms with Crippen LogP contribution in [0, 0.1) is 0 Å². The zero-order valence-electron chi connectivity index (χ0n) is 15.8. The van der Waals surface area contributed by atoms with Gasteiger partial charge in [0.25, 0.3) is 11.7 Å². The molecule has 1 spiro atoms. The number of hydrogen-bond acceptors (Lipinski definition) is 8. The molecule has 0 aliphatic carbocycles. The Balaban J connectivity index is 1.51. The second kappa shape index (κ2) is 6.45. The number of amides is 1. The summed E-state index contributed by atoms with van der Waals surface area (Å²) in [5, 5.41) is 14.0. The van der Waals surface area contributed by atoms with Gasteiger partial charge in [0, 0.05) is 50.7 Å². The van der Waals surface area contributed by atoms with Gasteiger partial charge in [-0.05, 0) is 11.6 Å². The minimum absolute atomic E-state index is 0.138. The molecule has 3 aromatic rings. The van der Waals surface area contributed by atoms with Crippen molar-refractivity contribution >= 4 is 17.2 Å². The number of aromatic nitrogens is 7. The van der Waals surface area contributed by atoms with Crippen molar-refractivity contribution in [3.8, 4) is 0 Å². The Bertz CT molecular complexity index is 1010. The molecule has 2 aliphatic heterocycles. The summed E-state index contributed by atoms with van der Waals surface area (Å²) in [6, 6.07) is 0. The number of thiazole rings is 1. The Morgan fingerprint density at radius 1 is 1.29 bits per heavy atom. The van der Waals surface area contributed by atoms with E-state index in [-0.39, 0.29) is 11.7 Å². The first kappa shape index (κ1) is 17.4. The van der Waals surface area contributed by atoms with E-state index in [1.807, 2.05) is 23.8 Å². The summed E-state index contributed by atoms with van der Waals surface area (Å²) in [6.45, 7) is 3.00. The third-order valence-electron chi connectivity index (χ3n) is 5.73. The number of fused-ring (bicyclic) bond motifs is 2. The number of carbonyl (C=O) groups excluding carboxylic acids is 1. The Morgan fingerprint density at radius 2 is 2.18 bits per heavy atom. The average molecular weight is 399 g/mol. The molecule has 0 aromatic carbocycles. The number of aryl methyl sites for hydroxylation is 2. The number of rotatable bonds is 3. The second-order valence-electron chi connectivity index (χ2n) is 7.43. The maximum atomic E-state index is 13.3. The molecule has 0 N–H and O–H groups in total. The van der Waals surface area contributed by atoms with E-state index >= 15 is 0 Å². The lowest BCUT2D eigenvalue weighted by molar-refractivity contribution is 0.0404. The van der Waals surface area contributed by atoms with Crippen molar-refractivity contribution in [2.24, 2.45) is 14.1 Å². The minimum Gasteiger partial charge on any atom is -0.337 e. The van der Waals surface area contributed by atoms with Gasteiger partial charge in [-0.3, -0.25) is 9.69 Å². The monoisotopic (exact) mass is 399 g/mol. The second-order valence-corrected chi connectivity index (χ2v) is 8.15. The highest BCUT2D eigenvalue weighted by Crippen LogP contribution is 2.42. The molecule has 10 nitrogen and oxygen atoms in total.